The molecule has 2 N–H and O–H groups in total. The van der Waals surface area contributed by atoms with Crippen molar-refractivity contribution >= 4 is 43.9 Å². The first-order valence-electron chi connectivity index (χ1n) is 15.4. The number of nitrogens with zero attached hydrogens (tertiary/aromatic N) is 1. The molecule has 0 aliphatic rings. The number of aryl methyl sites for hydroxylation is 1. The summed E-state index contributed by atoms with van der Waals surface area (Å²) < 4.78 is 30.1. The van der Waals surface area contributed by atoms with Gasteiger partial charge >= 0.3 is 5.97 Å². The minimum absolute atomic E-state index is 0.195. The van der Waals surface area contributed by atoms with E-state index in [0.717, 1.165) is 41.7 Å². The Hall–Kier alpha value is -4.41. The Morgan fingerprint density at radius 3 is 2.19 bits per heavy atom. The van der Waals surface area contributed by atoms with Crippen LogP contribution < -0.4 is 24.7 Å². The molecule has 0 spiro atoms. The number of aliphatic imine (C=N–C) groups is 1. The second kappa shape index (κ2) is 18.1. The Balaban J connectivity index is 1.45. The van der Waals surface area contributed by atoms with E-state index in [1.54, 1.807) is 18.2 Å². The minimum atomic E-state index is -0.458. The number of hydrogen-bond acceptors (Lipinski definition) is 7. The zero-order valence-electron chi connectivity index (χ0n) is 26.8. The molecule has 4 aromatic carbocycles. The molecule has 0 aliphatic carbocycles. The summed E-state index contributed by atoms with van der Waals surface area (Å²) in [5.41, 5.74) is 9.71. The summed E-state index contributed by atoms with van der Waals surface area (Å²) in [6.45, 7) is 5.37. The molecule has 10 heteroatoms. The van der Waals surface area contributed by atoms with Crippen molar-refractivity contribution in [1.82, 2.24) is 0 Å². The van der Waals surface area contributed by atoms with Crippen LogP contribution in [0, 0.1) is 0 Å². The SMILES string of the molecule is CCCc1c(OCCCOc2cc(OCc3ccccc3)c(C(=S)N=C(N)Br)cc2CC)cccc1Oc1ccccc1C(=O)OC. The fourth-order valence-corrected chi connectivity index (χ4v) is 5.40. The average Bonchev–Trinajstić information content (AvgIpc) is 3.08. The number of para-hydroxylation sites is 1. The summed E-state index contributed by atoms with van der Waals surface area (Å²) in [6, 6.07) is 26.4. The smallest absolute Gasteiger partial charge is 0.341 e. The maximum Gasteiger partial charge on any atom is 0.341 e. The van der Waals surface area contributed by atoms with E-state index >= 15 is 0 Å². The van der Waals surface area contributed by atoms with Crippen molar-refractivity contribution in [1.29, 1.82) is 0 Å². The number of carbonyl (C=O) groups excluding carboxylic acids is 1. The first-order chi connectivity index (χ1) is 22.8. The number of esters is 1. The standard InChI is InChI=1S/C37H39BrN2O6S/c1-4-13-27-30(18-11-19-31(27)46-32-17-10-9-16-28(32)36(41)42-3)43-20-12-21-44-33-23-34(45-24-25-14-7-6-8-15-25)29(22-26(33)5-2)35(47)40-37(38)39/h6-11,14-19,22-23H,4-5,12-13,20-21,24H2,1-3H3,(H2,39,40,47). The lowest BCUT2D eigenvalue weighted by molar-refractivity contribution is 0.0598. The number of benzene rings is 4. The number of nitrogens with two attached hydrogens (primary N) is 1. The number of carbonyl (C=O) groups is 1. The Bertz CT molecular complexity index is 1690. The van der Waals surface area contributed by atoms with E-state index in [2.05, 4.69) is 34.8 Å². The van der Waals surface area contributed by atoms with E-state index in [1.165, 1.54) is 7.11 Å². The number of ether oxygens (including phenoxy) is 5. The third kappa shape index (κ3) is 10.0. The zero-order chi connectivity index (χ0) is 33.6. The zero-order valence-corrected chi connectivity index (χ0v) is 29.2. The lowest BCUT2D eigenvalue weighted by Gasteiger charge is -2.18. The average molecular weight is 720 g/mol. The minimum Gasteiger partial charge on any atom is -0.493 e. The van der Waals surface area contributed by atoms with E-state index in [9.17, 15) is 4.79 Å². The maximum absolute atomic E-state index is 12.3. The molecule has 0 saturated carbocycles. The number of methoxy groups -OCH3 is 1. The maximum atomic E-state index is 12.3. The van der Waals surface area contributed by atoms with Crippen molar-refractivity contribution < 1.29 is 28.5 Å². The van der Waals surface area contributed by atoms with Crippen LogP contribution in [0.1, 0.15) is 59.3 Å². The van der Waals surface area contributed by atoms with Crippen LogP contribution in [-0.4, -0.2) is 36.0 Å². The second-order valence-electron chi connectivity index (χ2n) is 10.4. The molecule has 4 rings (SSSR count). The second-order valence-corrected chi connectivity index (χ2v) is 11.6. The van der Waals surface area contributed by atoms with Crippen molar-refractivity contribution in [3.05, 3.63) is 113 Å². The summed E-state index contributed by atoms with van der Waals surface area (Å²) in [5, 5.41) is 0. The molecule has 0 amide bonds. The first kappa shape index (κ1) is 35.4. The third-order valence-electron chi connectivity index (χ3n) is 7.13. The number of thiocarbonyl (C=S) groups is 1. The summed E-state index contributed by atoms with van der Waals surface area (Å²) in [5.74, 6) is 2.61. The largest absolute Gasteiger partial charge is 0.493 e. The lowest BCUT2D eigenvalue weighted by Crippen LogP contribution is -2.10. The van der Waals surface area contributed by atoms with Gasteiger partial charge in [0.15, 0.2) is 4.74 Å². The molecule has 246 valence electrons. The van der Waals surface area contributed by atoms with E-state index in [1.807, 2.05) is 66.7 Å². The fraction of sp³-hybridized carbons (Fsp3) is 0.270. The van der Waals surface area contributed by atoms with Crippen molar-refractivity contribution in [3.63, 3.8) is 0 Å². The molecule has 8 nitrogen and oxygen atoms in total. The van der Waals surface area contributed by atoms with Gasteiger partial charge in [0.1, 0.15) is 45.9 Å². The summed E-state index contributed by atoms with van der Waals surface area (Å²) in [7, 11) is 1.35. The van der Waals surface area contributed by atoms with Crippen molar-refractivity contribution in [3.8, 4) is 28.7 Å². The third-order valence-corrected chi connectivity index (χ3v) is 7.61. The Kier molecular flexibility index (Phi) is 13.6. The molecular formula is C37H39BrN2O6S. The van der Waals surface area contributed by atoms with E-state index < -0.39 is 5.97 Å². The Labute approximate surface area is 290 Å². The Morgan fingerprint density at radius 2 is 1.49 bits per heavy atom. The topological polar surface area (TPSA) is 102 Å². The summed E-state index contributed by atoms with van der Waals surface area (Å²) in [6.07, 6.45) is 2.99. The van der Waals surface area contributed by atoms with Gasteiger partial charge in [-0.1, -0.05) is 81.0 Å². The molecule has 0 aromatic heterocycles. The van der Waals surface area contributed by atoms with Gasteiger partial charge in [-0.25, -0.2) is 9.79 Å². The van der Waals surface area contributed by atoms with Gasteiger partial charge in [-0.3, -0.25) is 0 Å². The number of hydrogen-bond donors (Lipinski definition) is 1. The molecule has 0 fully saturated rings. The van der Waals surface area contributed by atoms with Crippen molar-refractivity contribution in [2.45, 2.75) is 46.1 Å². The quantitative estimate of drug-likeness (QED) is 0.0307. The highest BCUT2D eigenvalue weighted by atomic mass is 79.9. The number of rotatable bonds is 16. The van der Waals surface area contributed by atoms with Gasteiger partial charge in [-0.15, -0.1) is 0 Å². The molecule has 0 bridgehead atoms. The van der Waals surface area contributed by atoms with Gasteiger partial charge in [-0.2, -0.15) is 0 Å². The molecule has 0 unspecified atom stereocenters. The van der Waals surface area contributed by atoms with Crippen LogP contribution in [0.5, 0.6) is 28.7 Å². The molecule has 0 atom stereocenters. The van der Waals surface area contributed by atoms with Crippen LogP contribution in [-0.2, 0) is 24.2 Å². The molecule has 0 heterocycles. The van der Waals surface area contributed by atoms with Crippen LogP contribution in [0.2, 0.25) is 0 Å². The van der Waals surface area contributed by atoms with Crippen LogP contribution in [0.4, 0.5) is 0 Å². The van der Waals surface area contributed by atoms with E-state index in [-0.39, 0.29) is 4.74 Å². The summed E-state index contributed by atoms with van der Waals surface area (Å²) >= 11 is 8.74. The molecular weight excluding hydrogens is 680 g/mol. The fourth-order valence-electron chi connectivity index (χ4n) is 4.84. The van der Waals surface area contributed by atoms with E-state index in [4.69, 9.17) is 41.6 Å². The molecule has 4 aromatic rings. The first-order valence-corrected chi connectivity index (χ1v) is 16.6. The molecule has 0 radical (unpaired) electrons. The van der Waals surface area contributed by atoms with Crippen molar-refractivity contribution in [2.24, 2.45) is 10.7 Å². The highest BCUT2D eigenvalue weighted by Gasteiger charge is 2.18. The predicted molar refractivity (Wildman–Crippen MR) is 193 cm³/mol. The molecule has 0 saturated heterocycles. The van der Waals surface area contributed by atoms with Crippen LogP contribution >= 0.6 is 28.1 Å². The molecule has 47 heavy (non-hydrogen) atoms. The van der Waals surface area contributed by atoms with Gasteiger partial charge in [0.05, 0.1) is 25.9 Å². The van der Waals surface area contributed by atoms with Crippen LogP contribution in [0.25, 0.3) is 0 Å². The monoisotopic (exact) mass is 718 g/mol. The van der Waals surface area contributed by atoms with Crippen LogP contribution in [0.3, 0.4) is 0 Å². The van der Waals surface area contributed by atoms with Crippen LogP contribution in [0.15, 0.2) is 89.9 Å². The molecule has 0 aliphatic heterocycles. The number of halogens is 1. The lowest BCUT2D eigenvalue weighted by atomic mass is 10.1. The number of amidine groups is 1. The van der Waals surface area contributed by atoms with Gasteiger partial charge in [-0.05, 0) is 70.2 Å². The van der Waals surface area contributed by atoms with E-state index in [0.29, 0.717) is 65.4 Å². The Morgan fingerprint density at radius 1 is 0.809 bits per heavy atom. The normalized spacial score (nSPS) is 11.1. The highest BCUT2D eigenvalue weighted by molar-refractivity contribution is 9.18. The highest BCUT2D eigenvalue weighted by Crippen LogP contribution is 2.35. The van der Waals surface area contributed by atoms with Gasteiger partial charge in [0.2, 0.25) is 0 Å². The van der Waals surface area contributed by atoms with Gasteiger partial charge < -0.3 is 29.4 Å². The predicted octanol–water partition coefficient (Wildman–Crippen LogP) is 8.59. The van der Waals surface area contributed by atoms with Gasteiger partial charge in [0, 0.05) is 18.1 Å². The van der Waals surface area contributed by atoms with Crippen molar-refractivity contribution in [2.75, 3.05) is 20.3 Å². The van der Waals surface area contributed by atoms with Gasteiger partial charge in [0.25, 0.3) is 0 Å². The summed E-state index contributed by atoms with van der Waals surface area (Å²) in [4.78, 5) is 16.8.